The van der Waals surface area contributed by atoms with Gasteiger partial charge in [0.25, 0.3) is 5.91 Å². The van der Waals surface area contributed by atoms with Crippen LogP contribution < -0.4 is 0 Å². The first-order valence-electron chi connectivity index (χ1n) is 8.27. The zero-order valence-corrected chi connectivity index (χ0v) is 13.5. The third-order valence-corrected chi connectivity index (χ3v) is 4.70. The van der Waals surface area contributed by atoms with Gasteiger partial charge in [0.05, 0.1) is 23.4 Å². The van der Waals surface area contributed by atoms with Gasteiger partial charge in [-0.2, -0.15) is 5.10 Å². The Morgan fingerprint density at radius 3 is 2.84 bits per heavy atom. The highest BCUT2D eigenvalue weighted by Crippen LogP contribution is 2.28. The third-order valence-electron chi connectivity index (χ3n) is 4.70. The summed E-state index contributed by atoms with van der Waals surface area (Å²) in [5.74, 6) is -0.807. The Hall–Kier alpha value is -2.90. The summed E-state index contributed by atoms with van der Waals surface area (Å²) in [7, 11) is 0. The highest BCUT2D eigenvalue weighted by Gasteiger charge is 2.31. The fourth-order valence-corrected chi connectivity index (χ4v) is 3.49. The Morgan fingerprint density at radius 2 is 2.04 bits per heavy atom. The van der Waals surface area contributed by atoms with E-state index in [0.717, 1.165) is 6.42 Å². The smallest absolute Gasteiger partial charge is 0.356 e. The molecule has 3 heterocycles. The normalized spacial score (nSPS) is 17.0. The Labute approximate surface area is 143 Å². The monoisotopic (exact) mass is 343 g/mol. The van der Waals surface area contributed by atoms with E-state index in [4.69, 9.17) is 9.52 Å². The molecule has 0 atom stereocenters. The number of aromatic carboxylic acids is 1. The van der Waals surface area contributed by atoms with Crippen molar-refractivity contribution in [2.75, 3.05) is 6.54 Å². The molecule has 1 N–H and O–H groups in total. The molecular weight excluding hydrogens is 326 g/mol. The molecule has 0 spiro atoms. The molecule has 2 aromatic rings. The van der Waals surface area contributed by atoms with Crippen molar-refractivity contribution in [3.63, 3.8) is 0 Å². The average Bonchev–Trinajstić information content (AvgIpc) is 3.14. The molecule has 0 unspecified atom stereocenters. The Kier molecular flexibility index (Phi) is 3.67. The first kappa shape index (κ1) is 15.6. The van der Waals surface area contributed by atoms with E-state index in [1.54, 1.807) is 9.58 Å². The molecule has 0 saturated heterocycles. The number of aryl methyl sites for hydroxylation is 2. The molecule has 0 fully saturated rings. The zero-order chi connectivity index (χ0) is 17.6. The molecule has 8 nitrogen and oxygen atoms in total. The highest BCUT2D eigenvalue weighted by atomic mass is 16.4. The number of rotatable bonds is 2. The quantitative estimate of drug-likeness (QED) is 0.890. The SMILES string of the molecule is O=C(O)c1cc2n(n1)CCCN(C(=O)c1coc3c1C(=O)CCC3)C2. The number of carbonyl (C=O) groups is 3. The van der Waals surface area contributed by atoms with Gasteiger partial charge in [0, 0.05) is 25.9 Å². The second-order valence-electron chi connectivity index (χ2n) is 6.35. The average molecular weight is 343 g/mol. The summed E-state index contributed by atoms with van der Waals surface area (Å²) in [5.41, 5.74) is 1.37. The lowest BCUT2D eigenvalue weighted by atomic mass is 9.93. The van der Waals surface area contributed by atoms with Crippen molar-refractivity contribution in [2.45, 2.75) is 38.8 Å². The summed E-state index contributed by atoms with van der Waals surface area (Å²) in [6, 6.07) is 1.49. The summed E-state index contributed by atoms with van der Waals surface area (Å²) < 4.78 is 7.07. The van der Waals surface area contributed by atoms with Gasteiger partial charge in [0.1, 0.15) is 12.0 Å². The molecule has 2 aliphatic rings. The minimum Gasteiger partial charge on any atom is -0.476 e. The van der Waals surface area contributed by atoms with E-state index in [-0.39, 0.29) is 23.9 Å². The standard InChI is InChI=1S/C17H17N3O5/c21-13-3-1-4-14-15(13)11(9-25-14)16(22)19-5-2-6-20-10(8-19)7-12(18-20)17(23)24/h7,9H,1-6,8H2,(H,23,24). The van der Waals surface area contributed by atoms with Crippen LogP contribution in [0.1, 0.15) is 61.9 Å². The summed E-state index contributed by atoms with van der Waals surface area (Å²) in [4.78, 5) is 37.9. The largest absolute Gasteiger partial charge is 0.476 e. The zero-order valence-electron chi connectivity index (χ0n) is 13.5. The molecule has 8 heteroatoms. The maximum absolute atomic E-state index is 12.9. The van der Waals surface area contributed by atoms with E-state index in [2.05, 4.69) is 5.10 Å². The lowest BCUT2D eigenvalue weighted by Gasteiger charge is -2.20. The van der Waals surface area contributed by atoms with Crippen LogP contribution in [0, 0.1) is 0 Å². The minimum absolute atomic E-state index is 0.0276. The van der Waals surface area contributed by atoms with Gasteiger partial charge >= 0.3 is 5.97 Å². The summed E-state index contributed by atoms with van der Waals surface area (Å²) in [6.45, 7) is 1.32. The van der Waals surface area contributed by atoms with Gasteiger partial charge in [0.15, 0.2) is 11.5 Å². The van der Waals surface area contributed by atoms with Crippen LogP contribution in [0.2, 0.25) is 0 Å². The van der Waals surface area contributed by atoms with E-state index in [0.29, 0.717) is 54.9 Å². The van der Waals surface area contributed by atoms with Crippen molar-refractivity contribution in [3.8, 4) is 0 Å². The van der Waals surface area contributed by atoms with Crippen LogP contribution in [-0.2, 0) is 19.5 Å². The van der Waals surface area contributed by atoms with E-state index in [1.165, 1.54) is 12.3 Å². The van der Waals surface area contributed by atoms with Gasteiger partial charge < -0.3 is 14.4 Å². The lowest BCUT2D eigenvalue weighted by molar-refractivity contribution is 0.0688. The molecule has 0 saturated carbocycles. The number of hydrogen-bond donors (Lipinski definition) is 1. The van der Waals surface area contributed by atoms with Crippen LogP contribution >= 0.6 is 0 Å². The topological polar surface area (TPSA) is 106 Å². The minimum atomic E-state index is -1.09. The third kappa shape index (κ3) is 2.63. The predicted octanol–water partition coefficient (Wildman–Crippen LogP) is 1.74. The number of Topliss-reactive ketones (excluding diaryl/α,β-unsaturated/α-hetero) is 1. The molecule has 130 valence electrons. The first-order chi connectivity index (χ1) is 12.0. The Balaban J connectivity index is 1.63. The van der Waals surface area contributed by atoms with Crippen molar-refractivity contribution in [1.82, 2.24) is 14.7 Å². The van der Waals surface area contributed by atoms with Gasteiger partial charge in [-0.05, 0) is 18.9 Å². The molecule has 0 radical (unpaired) electrons. The van der Waals surface area contributed by atoms with Crippen molar-refractivity contribution in [1.29, 1.82) is 0 Å². The van der Waals surface area contributed by atoms with Crippen LogP contribution in [0.3, 0.4) is 0 Å². The number of amides is 1. The molecule has 2 aromatic heterocycles. The molecule has 4 rings (SSSR count). The van der Waals surface area contributed by atoms with Gasteiger partial charge in [-0.15, -0.1) is 0 Å². The Bertz CT molecular complexity index is 879. The fraction of sp³-hybridized carbons (Fsp3) is 0.412. The highest BCUT2D eigenvalue weighted by molar-refractivity contribution is 6.09. The Morgan fingerprint density at radius 1 is 1.20 bits per heavy atom. The van der Waals surface area contributed by atoms with Crippen molar-refractivity contribution in [3.05, 3.63) is 40.6 Å². The molecule has 1 aliphatic heterocycles. The van der Waals surface area contributed by atoms with E-state index in [1.807, 2.05) is 0 Å². The maximum atomic E-state index is 12.9. The number of carbonyl (C=O) groups excluding carboxylic acids is 2. The van der Waals surface area contributed by atoms with Crippen LogP contribution in [0.4, 0.5) is 0 Å². The van der Waals surface area contributed by atoms with Crippen molar-refractivity contribution >= 4 is 17.7 Å². The second-order valence-corrected chi connectivity index (χ2v) is 6.35. The van der Waals surface area contributed by atoms with Crippen molar-refractivity contribution < 1.29 is 23.9 Å². The lowest BCUT2D eigenvalue weighted by Crippen LogP contribution is -2.31. The molecule has 1 aliphatic carbocycles. The van der Waals surface area contributed by atoms with Crippen molar-refractivity contribution in [2.24, 2.45) is 0 Å². The van der Waals surface area contributed by atoms with Crippen LogP contribution in [0.15, 0.2) is 16.7 Å². The van der Waals surface area contributed by atoms with Gasteiger partial charge in [-0.3, -0.25) is 14.3 Å². The number of ketones is 1. The maximum Gasteiger partial charge on any atom is 0.356 e. The van der Waals surface area contributed by atoms with Crippen LogP contribution in [0.5, 0.6) is 0 Å². The molecule has 1 amide bonds. The van der Waals surface area contributed by atoms with Gasteiger partial charge in [-0.25, -0.2) is 4.79 Å². The summed E-state index contributed by atoms with van der Waals surface area (Å²) in [6.07, 6.45) is 3.88. The molecule has 25 heavy (non-hydrogen) atoms. The predicted molar refractivity (Wildman–Crippen MR) is 84.5 cm³/mol. The molecule has 0 bridgehead atoms. The summed E-state index contributed by atoms with van der Waals surface area (Å²) in [5, 5.41) is 13.1. The second kappa shape index (κ2) is 5.87. The number of furan rings is 1. The fourth-order valence-electron chi connectivity index (χ4n) is 3.49. The molecular formula is C17H17N3O5. The number of nitrogens with zero attached hydrogens (tertiary/aromatic N) is 3. The molecule has 0 aromatic carbocycles. The summed E-state index contributed by atoms with van der Waals surface area (Å²) >= 11 is 0. The van der Waals surface area contributed by atoms with Crippen LogP contribution in [0.25, 0.3) is 0 Å². The van der Waals surface area contributed by atoms with Gasteiger partial charge in [-0.1, -0.05) is 0 Å². The number of fused-ring (bicyclic) bond motifs is 2. The number of carboxylic acids is 1. The van der Waals surface area contributed by atoms with E-state index < -0.39 is 5.97 Å². The number of hydrogen-bond acceptors (Lipinski definition) is 5. The van der Waals surface area contributed by atoms with E-state index >= 15 is 0 Å². The van der Waals surface area contributed by atoms with Gasteiger partial charge in [0.2, 0.25) is 0 Å². The van der Waals surface area contributed by atoms with E-state index in [9.17, 15) is 14.4 Å². The number of carboxylic acid groups (broad SMARTS) is 1. The first-order valence-corrected chi connectivity index (χ1v) is 8.27. The van der Waals surface area contributed by atoms with Crippen LogP contribution in [-0.4, -0.2) is 44.0 Å². The number of aromatic nitrogens is 2.